The molecule has 4 aliphatic carbocycles. The van der Waals surface area contributed by atoms with Crippen LogP contribution in [0.5, 0.6) is 0 Å². The third-order valence-corrected chi connectivity index (χ3v) is 9.31. The zero-order valence-electron chi connectivity index (χ0n) is 14.6. The Morgan fingerprint density at radius 3 is 2.50 bits per heavy atom. The minimum Gasteiger partial charge on any atom is -0.388 e. The van der Waals surface area contributed by atoms with Crippen molar-refractivity contribution in [1.29, 1.82) is 0 Å². The highest BCUT2D eigenvalue weighted by atomic mass is 35.5. The highest BCUT2D eigenvalue weighted by molar-refractivity contribution is 6.18. The molecule has 0 amide bonds. The first-order valence-electron chi connectivity index (χ1n) is 9.54. The lowest BCUT2D eigenvalue weighted by Crippen LogP contribution is -2.55. The van der Waals surface area contributed by atoms with Gasteiger partial charge in [-0.05, 0) is 85.4 Å². The first-order valence-corrected chi connectivity index (χ1v) is 10.1. The molecule has 126 valence electrons. The molecule has 4 fully saturated rings. The van der Waals surface area contributed by atoms with Crippen molar-refractivity contribution in [3.8, 4) is 0 Å². The van der Waals surface area contributed by atoms with Crippen molar-refractivity contribution >= 4 is 11.6 Å². The Balaban J connectivity index is 1.72. The summed E-state index contributed by atoms with van der Waals surface area (Å²) in [5.41, 5.74) is 0.851. The van der Waals surface area contributed by atoms with E-state index in [1.165, 1.54) is 51.4 Å². The Kier molecular flexibility index (Phi) is 3.34. The molecule has 2 heteroatoms. The first-order chi connectivity index (χ1) is 10.3. The number of rotatable bonds is 1. The van der Waals surface area contributed by atoms with Crippen LogP contribution in [0.4, 0.5) is 0 Å². The van der Waals surface area contributed by atoms with Crippen LogP contribution in [0.1, 0.15) is 78.6 Å². The second-order valence-corrected chi connectivity index (χ2v) is 10.5. The van der Waals surface area contributed by atoms with Crippen molar-refractivity contribution in [2.45, 2.75) is 84.2 Å². The monoisotopic (exact) mass is 324 g/mol. The summed E-state index contributed by atoms with van der Waals surface area (Å²) in [5.74, 6) is 2.62. The molecular weight excluding hydrogens is 292 g/mol. The quantitative estimate of drug-likeness (QED) is 0.641. The number of fused-ring (bicyclic) bond motifs is 3. The number of hydrogen-bond acceptors (Lipinski definition) is 1. The Bertz CT molecular complexity index is 474. The van der Waals surface area contributed by atoms with Gasteiger partial charge in [0.05, 0.1) is 11.5 Å². The predicted octanol–water partition coefficient (Wildman–Crippen LogP) is 5.39. The Labute approximate surface area is 141 Å². The second kappa shape index (κ2) is 4.66. The predicted molar refractivity (Wildman–Crippen MR) is 92.0 cm³/mol. The molecule has 1 spiro atoms. The molecule has 4 saturated carbocycles. The van der Waals surface area contributed by atoms with Crippen LogP contribution in [-0.2, 0) is 0 Å². The van der Waals surface area contributed by atoms with Gasteiger partial charge in [-0.25, -0.2) is 0 Å². The van der Waals surface area contributed by atoms with Crippen LogP contribution in [0.25, 0.3) is 0 Å². The topological polar surface area (TPSA) is 20.2 Å². The molecule has 22 heavy (non-hydrogen) atoms. The molecular formula is C20H33ClO. The third-order valence-electron chi connectivity index (χ3n) is 8.85. The van der Waals surface area contributed by atoms with E-state index in [-0.39, 0.29) is 0 Å². The summed E-state index contributed by atoms with van der Waals surface area (Å²) in [6.07, 6.45) is 11.7. The van der Waals surface area contributed by atoms with Gasteiger partial charge in [0.15, 0.2) is 0 Å². The minimum absolute atomic E-state index is 0.408. The van der Waals surface area contributed by atoms with Gasteiger partial charge in [0, 0.05) is 0 Å². The van der Waals surface area contributed by atoms with Crippen LogP contribution in [0.15, 0.2) is 0 Å². The summed E-state index contributed by atoms with van der Waals surface area (Å²) in [6, 6.07) is 0. The molecule has 1 N–H and O–H groups in total. The molecule has 0 saturated heterocycles. The van der Waals surface area contributed by atoms with E-state index in [9.17, 15) is 5.11 Å². The fourth-order valence-corrected chi connectivity index (χ4v) is 8.42. The number of hydrogen-bond donors (Lipinski definition) is 1. The van der Waals surface area contributed by atoms with Gasteiger partial charge in [0.1, 0.15) is 0 Å². The maximum Gasteiger partial charge on any atom is 0.0816 e. The fourth-order valence-electron chi connectivity index (χ4n) is 8.10. The number of halogens is 1. The maximum absolute atomic E-state index is 11.1. The minimum atomic E-state index is -0.566. The van der Waals surface area contributed by atoms with Gasteiger partial charge in [0.2, 0.25) is 0 Å². The average Bonchev–Trinajstić information content (AvgIpc) is 2.65. The standard InChI is InChI=1S/C20H33ClO/c1-17(2)8-4-9-18(3)15(17)7-10-19-11-14(5-6-16(18)19)20(22,12-19)13-21/h14-16,22H,4-13H2,1-3H3/t14-,15+,16-,18+,19-,20-/m0/s1. The molecule has 4 aliphatic rings. The van der Waals surface area contributed by atoms with Crippen molar-refractivity contribution in [2.75, 3.05) is 5.88 Å². The Morgan fingerprint density at radius 1 is 1.00 bits per heavy atom. The summed E-state index contributed by atoms with van der Waals surface area (Å²) in [6.45, 7) is 7.65. The summed E-state index contributed by atoms with van der Waals surface area (Å²) in [4.78, 5) is 0. The van der Waals surface area contributed by atoms with E-state index in [1.807, 2.05) is 0 Å². The summed E-state index contributed by atoms with van der Waals surface area (Å²) >= 11 is 6.21. The van der Waals surface area contributed by atoms with E-state index in [0.717, 1.165) is 18.3 Å². The Hall–Kier alpha value is 0.250. The van der Waals surface area contributed by atoms with Crippen molar-refractivity contribution in [1.82, 2.24) is 0 Å². The fraction of sp³-hybridized carbons (Fsp3) is 1.00. The van der Waals surface area contributed by atoms with Gasteiger partial charge in [-0.3, -0.25) is 0 Å². The number of alkyl halides is 1. The molecule has 1 nitrogen and oxygen atoms in total. The largest absolute Gasteiger partial charge is 0.388 e. The third kappa shape index (κ3) is 1.88. The van der Waals surface area contributed by atoms with Gasteiger partial charge in [-0.15, -0.1) is 11.6 Å². The van der Waals surface area contributed by atoms with Gasteiger partial charge >= 0.3 is 0 Å². The smallest absolute Gasteiger partial charge is 0.0816 e. The van der Waals surface area contributed by atoms with Crippen molar-refractivity contribution in [3.05, 3.63) is 0 Å². The molecule has 0 heterocycles. The molecule has 0 unspecified atom stereocenters. The molecule has 4 rings (SSSR count). The van der Waals surface area contributed by atoms with E-state index in [1.54, 1.807) is 0 Å². The van der Waals surface area contributed by atoms with E-state index in [0.29, 0.717) is 28.0 Å². The van der Waals surface area contributed by atoms with Crippen LogP contribution in [0.2, 0.25) is 0 Å². The van der Waals surface area contributed by atoms with E-state index >= 15 is 0 Å². The van der Waals surface area contributed by atoms with Gasteiger partial charge in [0.25, 0.3) is 0 Å². The van der Waals surface area contributed by atoms with Gasteiger partial charge in [-0.1, -0.05) is 27.2 Å². The van der Waals surface area contributed by atoms with E-state index < -0.39 is 5.60 Å². The lowest BCUT2D eigenvalue weighted by molar-refractivity contribution is -0.145. The molecule has 0 aromatic rings. The van der Waals surface area contributed by atoms with Crippen LogP contribution in [0, 0.1) is 34.0 Å². The van der Waals surface area contributed by atoms with E-state index in [4.69, 9.17) is 11.6 Å². The Morgan fingerprint density at radius 2 is 1.77 bits per heavy atom. The molecule has 0 aromatic carbocycles. The maximum atomic E-state index is 11.1. The van der Waals surface area contributed by atoms with Crippen LogP contribution in [-0.4, -0.2) is 16.6 Å². The van der Waals surface area contributed by atoms with Crippen molar-refractivity contribution < 1.29 is 5.11 Å². The summed E-state index contributed by atoms with van der Waals surface area (Å²) < 4.78 is 0. The lowest BCUT2D eigenvalue weighted by atomic mass is 9.41. The average molecular weight is 325 g/mol. The normalized spacial score (nSPS) is 56.3. The SMILES string of the molecule is CC1(C)CCC[C@]2(C)[C@@H]1CC[C@@]13C[C@H](CC[C@H]12)[C@@](O)(CCl)C3. The van der Waals surface area contributed by atoms with E-state index in [2.05, 4.69) is 20.8 Å². The zero-order chi connectivity index (χ0) is 15.8. The molecule has 6 atom stereocenters. The first kappa shape index (κ1) is 15.8. The molecule has 2 bridgehead atoms. The van der Waals surface area contributed by atoms with Crippen molar-refractivity contribution in [2.24, 2.45) is 34.0 Å². The second-order valence-electron chi connectivity index (χ2n) is 10.2. The summed E-state index contributed by atoms with van der Waals surface area (Å²) in [7, 11) is 0. The zero-order valence-corrected chi connectivity index (χ0v) is 15.4. The van der Waals surface area contributed by atoms with Gasteiger partial charge < -0.3 is 5.11 Å². The van der Waals surface area contributed by atoms with Crippen LogP contribution < -0.4 is 0 Å². The highest BCUT2D eigenvalue weighted by Crippen LogP contribution is 2.72. The number of aliphatic hydroxyl groups is 1. The van der Waals surface area contributed by atoms with Crippen molar-refractivity contribution in [3.63, 3.8) is 0 Å². The molecule has 0 aliphatic heterocycles. The lowest BCUT2D eigenvalue weighted by Gasteiger charge is -2.64. The molecule has 0 aromatic heterocycles. The summed E-state index contributed by atoms with van der Waals surface area (Å²) in [5, 5.41) is 11.1. The van der Waals surface area contributed by atoms with Gasteiger partial charge in [-0.2, -0.15) is 0 Å². The highest BCUT2D eigenvalue weighted by Gasteiger charge is 2.66. The van der Waals surface area contributed by atoms with Crippen LogP contribution in [0.3, 0.4) is 0 Å². The van der Waals surface area contributed by atoms with Crippen LogP contribution >= 0.6 is 11.6 Å². The molecule has 0 radical (unpaired) electrons.